The molecule has 0 spiro atoms. The maximum absolute atomic E-state index is 11.3. The molecule has 18 heavy (non-hydrogen) atoms. The molecule has 3 rings (SSSR count). The van der Waals surface area contributed by atoms with Gasteiger partial charge in [-0.15, -0.1) is 11.8 Å². The van der Waals surface area contributed by atoms with Crippen LogP contribution in [0, 0.1) is 0 Å². The highest BCUT2D eigenvalue weighted by Gasteiger charge is 2.16. The van der Waals surface area contributed by atoms with Crippen LogP contribution in [0.5, 0.6) is 0 Å². The third-order valence-corrected chi connectivity index (χ3v) is 3.70. The van der Waals surface area contributed by atoms with E-state index in [0.29, 0.717) is 11.8 Å². The van der Waals surface area contributed by atoms with Crippen molar-refractivity contribution in [1.29, 1.82) is 0 Å². The maximum Gasteiger partial charge on any atom is 0.294 e. The summed E-state index contributed by atoms with van der Waals surface area (Å²) >= 11 is 1.54. The highest BCUT2D eigenvalue weighted by molar-refractivity contribution is 8.00. The zero-order chi connectivity index (χ0) is 12.5. The van der Waals surface area contributed by atoms with Crippen molar-refractivity contribution in [2.24, 2.45) is 0 Å². The Kier molecular flexibility index (Phi) is 2.71. The Morgan fingerprint density at radius 2 is 2.39 bits per heavy atom. The van der Waals surface area contributed by atoms with Crippen molar-refractivity contribution in [1.82, 2.24) is 4.98 Å². The Morgan fingerprint density at radius 3 is 3.17 bits per heavy atom. The summed E-state index contributed by atoms with van der Waals surface area (Å²) in [6, 6.07) is 6.35. The zero-order valence-electron chi connectivity index (χ0n) is 9.69. The van der Waals surface area contributed by atoms with E-state index in [2.05, 4.69) is 15.6 Å². The molecule has 2 N–H and O–H groups in total. The average molecular weight is 261 g/mol. The predicted octanol–water partition coefficient (Wildman–Crippen LogP) is 2.43. The van der Waals surface area contributed by atoms with Gasteiger partial charge in [0.25, 0.3) is 6.01 Å². The van der Waals surface area contributed by atoms with Crippen LogP contribution in [0.15, 0.2) is 33.8 Å². The quantitative estimate of drug-likeness (QED) is 0.869. The van der Waals surface area contributed by atoms with Gasteiger partial charge in [-0.2, -0.15) is 4.98 Å². The predicted molar refractivity (Wildman–Crippen MR) is 70.8 cm³/mol. The van der Waals surface area contributed by atoms with Gasteiger partial charge in [-0.25, -0.2) is 0 Å². The maximum atomic E-state index is 11.3. The van der Waals surface area contributed by atoms with Gasteiger partial charge in [-0.3, -0.25) is 4.79 Å². The molecule has 1 aliphatic rings. The van der Waals surface area contributed by atoms with Crippen molar-refractivity contribution in [2.45, 2.75) is 4.90 Å². The number of nitrogens with one attached hydrogen (secondary N) is 2. The fourth-order valence-corrected chi connectivity index (χ4v) is 2.55. The lowest BCUT2D eigenvalue weighted by molar-refractivity contribution is -0.113. The molecule has 0 atom stereocenters. The number of oxazole rings is 1. The van der Waals surface area contributed by atoms with Gasteiger partial charge in [-0.05, 0) is 12.1 Å². The fourth-order valence-electron chi connectivity index (χ4n) is 1.76. The topological polar surface area (TPSA) is 67.2 Å². The second kappa shape index (κ2) is 4.38. The van der Waals surface area contributed by atoms with Crippen molar-refractivity contribution < 1.29 is 9.21 Å². The van der Waals surface area contributed by atoms with E-state index in [-0.39, 0.29) is 5.91 Å². The van der Waals surface area contributed by atoms with Gasteiger partial charge in [0.1, 0.15) is 12.0 Å². The number of amides is 1. The summed E-state index contributed by atoms with van der Waals surface area (Å²) in [5.74, 6) is 0.501. The lowest BCUT2D eigenvalue weighted by Crippen LogP contribution is -2.18. The van der Waals surface area contributed by atoms with Crippen LogP contribution in [0.1, 0.15) is 0 Å². The van der Waals surface area contributed by atoms with Crippen molar-refractivity contribution in [3.63, 3.8) is 0 Å². The Morgan fingerprint density at radius 1 is 1.50 bits per heavy atom. The summed E-state index contributed by atoms with van der Waals surface area (Å²) in [6.45, 7) is 0. The van der Waals surface area contributed by atoms with Crippen molar-refractivity contribution in [2.75, 3.05) is 23.4 Å². The summed E-state index contributed by atoms with van der Waals surface area (Å²) in [5.41, 5.74) is 2.50. The van der Waals surface area contributed by atoms with E-state index in [1.54, 1.807) is 25.1 Å². The van der Waals surface area contributed by atoms with Crippen molar-refractivity contribution >= 4 is 29.4 Å². The minimum atomic E-state index is 0.0284. The molecular weight excluding hydrogens is 250 g/mol. The number of fused-ring (bicyclic) bond motifs is 1. The van der Waals surface area contributed by atoms with Crippen LogP contribution in [0.2, 0.25) is 0 Å². The van der Waals surface area contributed by atoms with E-state index in [9.17, 15) is 4.79 Å². The molecule has 5 nitrogen and oxygen atoms in total. The fraction of sp³-hybridized carbons (Fsp3) is 0.167. The summed E-state index contributed by atoms with van der Waals surface area (Å²) in [4.78, 5) is 16.7. The molecule has 0 saturated heterocycles. The van der Waals surface area contributed by atoms with Crippen LogP contribution in [0.25, 0.3) is 11.3 Å². The molecule has 1 aliphatic heterocycles. The Balaban J connectivity index is 1.98. The Hall–Kier alpha value is -1.95. The normalized spacial score (nSPS) is 13.9. The van der Waals surface area contributed by atoms with Gasteiger partial charge in [0.2, 0.25) is 5.91 Å². The molecule has 0 radical (unpaired) electrons. The molecule has 2 aromatic rings. The summed E-state index contributed by atoms with van der Waals surface area (Å²) in [7, 11) is 1.75. The van der Waals surface area contributed by atoms with Gasteiger partial charge in [-0.1, -0.05) is 6.07 Å². The number of thioether (sulfide) groups is 1. The second-order valence-corrected chi connectivity index (χ2v) is 4.85. The van der Waals surface area contributed by atoms with E-state index < -0.39 is 0 Å². The van der Waals surface area contributed by atoms with Crippen molar-refractivity contribution in [3.8, 4) is 11.3 Å². The molecule has 1 aromatic heterocycles. The number of nitrogens with zero attached hydrogens (tertiary/aromatic N) is 1. The molecule has 92 valence electrons. The minimum Gasteiger partial charge on any atom is -0.432 e. The van der Waals surface area contributed by atoms with Crippen LogP contribution >= 0.6 is 11.8 Å². The van der Waals surface area contributed by atoms with E-state index in [0.717, 1.165) is 21.8 Å². The van der Waals surface area contributed by atoms with Crippen LogP contribution < -0.4 is 10.6 Å². The van der Waals surface area contributed by atoms with Crippen LogP contribution in [0.3, 0.4) is 0 Å². The summed E-state index contributed by atoms with van der Waals surface area (Å²) in [5, 5.41) is 5.69. The number of aromatic nitrogens is 1. The van der Waals surface area contributed by atoms with E-state index in [4.69, 9.17) is 4.42 Å². The molecular formula is C12H11N3O2S. The largest absolute Gasteiger partial charge is 0.432 e. The van der Waals surface area contributed by atoms with E-state index in [1.165, 1.54) is 0 Å². The van der Waals surface area contributed by atoms with Gasteiger partial charge in [0.05, 0.1) is 11.4 Å². The van der Waals surface area contributed by atoms with Gasteiger partial charge >= 0.3 is 0 Å². The van der Waals surface area contributed by atoms with Crippen LogP contribution in [0.4, 0.5) is 11.7 Å². The molecule has 6 heteroatoms. The first-order valence-corrected chi connectivity index (χ1v) is 6.45. The first kappa shape index (κ1) is 11.2. The third kappa shape index (κ3) is 1.95. The van der Waals surface area contributed by atoms with Crippen molar-refractivity contribution in [3.05, 3.63) is 24.5 Å². The van der Waals surface area contributed by atoms with Crippen LogP contribution in [-0.2, 0) is 4.79 Å². The standard InChI is InChI=1S/C12H11N3O2S/c1-13-12-15-9(5-17-12)7-2-3-10-8(4-7)14-11(16)6-18-10/h2-5H,6H2,1H3,(H,13,15)(H,14,16). The number of rotatable bonds is 2. The number of anilines is 2. The molecule has 2 heterocycles. The smallest absolute Gasteiger partial charge is 0.294 e. The number of hydrogen-bond acceptors (Lipinski definition) is 5. The number of benzene rings is 1. The van der Waals surface area contributed by atoms with Crippen LogP contribution in [-0.4, -0.2) is 23.7 Å². The molecule has 0 unspecified atom stereocenters. The first-order valence-electron chi connectivity index (χ1n) is 5.46. The Bertz CT molecular complexity index is 609. The Labute approximate surface area is 108 Å². The molecule has 1 amide bonds. The number of carbonyl (C=O) groups is 1. The number of carbonyl (C=O) groups excluding carboxylic acids is 1. The van der Waals surface area contributed by atoms with Gasteiger partial charge in [0.15, 0.2) is 0 Å². The highest BCUT2D eigenvalue weighted by Crippen LogP contribution is 2.34. The van der Waals surface area contributed by atoms with Gasteiger partial charge < -0.3 is 15.1 Å². The summed E-state index contributed by atoms with van der Waals surface area (Å²) < 4.78 is 5.22. The zero-order valence-corrected chi connectivity index (χ0v) is 10.5. The first-order chi connectivity index (χ1) is 8.76. The average Bonchev–Trinajstić information content (AvgIpc) is 2.86. The van der Waals surface area contributed by atoms with E-state index >= 15 is 0 Å². The molecule has 0 aliphatic carbocycles. The third-order valence-electron chi connectivity index (χ3n) is 2.63. The molecule has 0 saturated carbocycles. The molecule has 0 bridgehead atoms. The number of hydrogen-bond donors (Lipinski definition) is 2. The van der Waals surface area contributed by atoms with Gasteiger partial charge in [0, 0.05) is 17.5 Å². The monoisotopic (exact) mass is 261 g/mol. The van der Waals surface area contributed by atoms with E-state index in [1.807, 2.05) is 18.2 Å². The molecule has 1 aromatic carbocycles. The lowest BCUT2D eigenvalue weighted by Gasteiger charge is -2.16. The molecule has 0 fully saturated rings. The summed E-state index contributed by atoms with van der Waals surface area (Å²) in [6.07, 6.45) is 1.59. The lowest BCUT2D eigenvalue weighted by atomic mass is 10.1. The second-order valence-electron chi connectivity index (χ2n) is 3.84. The highest BCUT2D eigenvalue weighted by atomic mass is 32.2. The minimum absolute atomic E-state index is 0.0284. The SMILES string of the molecule is CNc1nc(-c2ccc3c(c2)NC(=O)CS3)co1.